The van der Waals surface area contributed by atoms with Gasteiger partial charge in [-0.05, 0) is 67.1 Å². The fourth-order valence-electron chi connectivity index (χ4n) is 7.99. The van der Waals surface area contributed by atoms with Gasteiger partial charge >= 0.3 is 0 Å². The fraction of sp³-hybridized carbons (Fsp3) is 0.611. The van der Waals surface area contributed by atoms with Crippen molar-refractivity contribution in [2.24, 2.45) is 5.92 Å². The maximum absolute atomic E-state index is 14.1. The van der Waals surface area contributed by atoms with Gasteiger partial charge in [-0.1, -0.05) is 80.1 Å². The van der Waals surface area contributed by atoms with Crippen LogP contribution in [0.15, 0.2) is 48.5 Å². The highest BCUT2D eigenvalue weighted by molar-refractivity contribution is 6.30. The van der Waals surface area contributed by atoms with Crippen LogP contribution in [0, 0.1) is 5.92 Å². The zero-order valence-corrected chi connectivity index (χ0v) is 26.9. The van der Waals surface area contributed by atoms with Crippen LogP contribution in [0.3, 0.4) is 0 Å². The van der Waals surface area contributed by atoms with E-state index in [4.69, 9.17) is 11.6 Å². The lowest BCUT2D eigenvalue weighted by atomic mass is 9.84. The third kappa shape index (κ3) is 8.22. The fourth-order valence-corrected chi connectivity index (χ4v) is 8.12. The molecule has 3 aliphatic heterocycles. The normalized spacial score (nSPS) is 22.9. The molecular formula is C36H50ClN5O2. The summed E-state index contributed by atoms with van der Waals surface area (Å²) in [5.41, 5.74) is 3.41. The Hall–Kier alpha value is -2.45. The van der Waals surface area contributed by atoms with Gasteiger partial charge in [0.1, 0.15) is 6.04 Å². The van der Waals surface area contributed by atoms with Crippen molar-refractivity contribution in [1.29, 1.82) is 0 Å². The summed E-state index contributed by atoms with van der Waals surface area (Å²) >= 11 is 6.15. The number of hydrogen-bond acceptors (Lipinski definition) is 5. The summed E-state index contributed by atoms with van der Waals surface area (Å²) in [5.74, 6) is 0.774. The predicted molar refractivity (Wildman–Crippen MR) is 177 cm³/mol. The zero-order valence-electron chi connectivity index (χ0n) is 26.2. The minimum Gasteiger partial charge on any atom is -0.344 e. The van der Waals surface area contributed by atoms with E-state index in [2.05, 4.69) is 32.6 Å². The minimum atomic E-state index is -0.602. The van der Waals surface area contributed by atoms with E-state index in [0.717, 1.165) is 37.7 Å². The molecule has 7 nitrogen and oxygen atoms in total. The van der Waals surface area contributed by atoms with E-state index < -0.39 is 6.04 Å². The highest BCUT2D eigenvalue weighted by atomic mass is 35.5. The van der Waals surface area contributed by atoms with Gasteiger partial charge in [0.25, 0.3) is 0 Å². The number of fused-ring (bicyclic) bond motifs is 1. The molecule has 3 fully saturated rings. The van der Waals surface area contributed by atoms with Crippen molar-refractivity contribution in [3.8, 4) is 0 Å². The van der Waals surface area contributed by atoms with Crippen molar-refractivity contribution in [3.63, 3.8) is 0 Å². The third-order valence-electron chi connectivity index (χ3n) is 10.5. The summed E-state index contributed by atoms with van der Waals surface area (Å²) < 4.78 is 0. The van der Waals surface area contributed by atoms with Gasteiger partial charge in [-0.3, -0.25) is 14.5 Å². The Labute approximate surface area is 268 Å². The molecule has 2 aromatic carbocycles. The van der Waals surface area contributed by atoms with Crippen molar-refractivity contribution < 1.29 is 9.59 Å². The number of hydrogen-bond donors (Lipinski definition) is 2. The summed E-state index contributed by atoms with van der Waals surface area (Å²) in [6.07, 6.45) is 11.6. The number of carbonyl (C=O) groups is 2. The van der Waals surface area contributed by atoms with E-state index in [9.17, 15) is 9.59 Å². The molecule has 0 bridgehead atoms. The van der Waals surface area contributed by atoms with Gasteiger partial charge in [0, 0.05) is 69.2 Å². The molecule has 0 radical (unpaired) electrons. The lowest BCUT2D eigenvalue weighted by molar-refractivity contribution is -0.138. The Bertz CT molecular complexity index is 1240. The first-order chi connectivity index (χ1) is 21.5. The summed E-state index contributed by atoms with van der Waals surface area (Å²) in [7, 11) is 0. The van der Waals surface area contributed by atoms with Crippen LogP contribution in [0.2, 0.25) is 5.02 Å². The molecule has 238 valence electrons. The molecule has 2 amide bonds. The SMILES string of the molecule is O=C(CC1NCc2ccccc21)NC(Cc1ccc(Cl)cc1)C(=O)N1CCN(C(CC2CCCCC2)CN2CCCC2)CC1. The average molecular weight is 620 g/mol. The highest BCUT2D eigenvalue weighted by Gasteiger charge is 2.34. The topological polar surface area (TPSA) is 67.9 Å². The Balaban J connectivity index is 1.09. The van der Waals surface area contributed by atoms with Crippen LogP contribution >= 0.6 is 11.6 Å². The third-order valence-corrected chi connectivity index (χ3v) is 10.7. The lowest BCUT2D eigenvalue weighted by Crippen LogP contribution is -2.58. The molecule has 2 N–H and O–H groups in total. The van der Waals surface area contributed by atoms with E-state index in [-0.39, 0.29) is 17.9 Å². The maximum Gasteiger partial charge on any atom is 0.245 e. The summed E-state index contributed by atoms with van der Waals surface area (Å²) in [6, 6.07) is 15.8. The van der Waals surface area contributed by atoms with Crippen LogP contribution in [-0.4, -0.2) is 84.4 Å². The Morgan fingerprint density at radius 3 is 2.36 bits per heavy atom. The molecule has 1 aliphatic carbocycles. The number of amides is 2. The van der Waals surface area contributed by atoms with Crippen molar-refractivity contribution in [2.75, 3.05) is 45.8 Å². The Kier molecular flexibility index (Phi) is 10.9. The molecule has 44 heavy (non-hydrogen) atoms. The summed E-state index contributed by atoms with van der Waals surface area (Å²) in [4.78, 5) is 34.8. The zero-order chi connectivity index (χ0) is 30.3. The number of likely N-dealkylation sites (tertiary alicyclic amines) is 1. The highest BCUT2D eigenvalue weighted by Crippen LogP contribution is 2.30. The monoisotopic (exact) mass is 619 g/mol. The number of nitrogens with zero attached hydrogens (tertiary/aromatic N) is 3. The van der Waals surface area contributed by atoms with E-state index in [1.807, 2.05) is 41.3 Å². The second kappa shape index (κ2) is 15.2. The molecule has 3 atom stereocenters. The van der Waals surface area contributed by atoms with Gasteiger partial charge in [0.2, 0.25) is 11.8 Å². The van der Waals surface area contributed by atoms with Gasteiger partial charge in [0.05, 0.1) is 0 Å². The quantitative estimate of drug-likeness (QED) is 0.363. The van der Waals surface area contributed by atoms with Gasteiger partial charge in [-0.15, -0.1) is 0 Å². The molecule has 1 saturated carbocycles. The number of halogens is 1. The van der Waals surface area contributed by atoms with Crippen molar-refractivity contribution in [1.82, 2.24) is 25.3 Å². The summed E-state index contributed by atoms with van der Waals surface area (Å²) in [5, 5.41) is 7.28. The van der Waals surface area contributed by atoms with Crippen molar-refractivity contribution in [2.45, 2.75) is 88.9 Å². The number of benzene rings is 2. The predicted octanol–water partition coefficient (Wildman–Crippen LogP) is 5.18. The van der Waals surface area contributed by atoms with Gasteiger partial charge < -0.3 is 20.4 Å². The maximum atomic E-state index is 14.1. The van der Waals surface area contributed by atoms with E-state index >= 15 is 0 Å². The Morgan fingerprint density at radius 1 is 0.886 bits per heavy atom. The van der Waals surface area contributed by atoms with Crippen molar-refractivity contribution >= 4 is 23.4 Å². The first kappa shape index (κ1) is 31.5. The van der Waals surface area contributed by atoms with Crippen molar-refractivity contribution in [3.05, 3.63) is 70.2 Å². The van der Waals surface area contributed by atoms with Gasteiger partial charge in [-0.25, -0.2) is 0 Å². The van der Waals surface area contributed by atoms with Gasteiger partial charge in [-0.2, -0.15) is 0 Å². The molecule has 8 heteroatoms. The van der Waals surface area contributed by atoms with Crippen LogP contribution in [0.1, 0.15) is 80.5 Å². The molecule has 2 aromatic rings. The second-order valence-corrected chi connectivity index (χ2v) is 14.0. The van der Waals surface area contributed by atoms with E-state index in [1.165, 1.54) is 75.6 Å². The Morgan fingerprint density at radius 2 is 1.61 bits per heavy atom. The first-order valence-corrected chi connectivity index (χ1v) is 17.5. The molecule has 0 spiro atoms. The van der Waals surface area contributed by atoms with Crippen LogP contribution in [0.25, 0.3) is 0 Å². The molecule has 4 aliphatic rings. The molecule has 3 heterocycles. The largest absolute Gasteiger partial charge is 0.344 e. The number of piperazine rings is 1. The second-order valence-electron chi connectivity index (χ2n) is 13.5. The van der Waals surface area contributed by atoms with Crippen LogP contribution in [-0.2, 0) is 22.6 Å². The lowest BCUT2D eigenvalue weighted by Gasteiger charge is -2.42. The number of nitrogens with one attached hydrogen (secondary N) is 2. The van der Waals surface area contributed by atoms with Crippen LogP contribution in [0.5, 0.6) is 0 Å². The number of rotatable bonds is 11. The molecule has 3 unspecified atom stereocenters. The van der Waals surface area contributed by atoms with Gasteiger partial charge in [0.15, 0.2) is 0 Å². The average Bonchev–Trinajstić information content (AvgIpc) is 3.72. The molecule has 2 saturated heterocycles. The smallest absolute Gasteiger partial charge is 0.245 e. The minimum absolute atomic E-state index is 0.0242. The first-order valence-electron chi connectivity index (χ1n) is 17.1. The molecule has 0 aromatic heterocycles. The van der Waals surface area contributed by atoms with Crippen LogP contribution in [0.4, 0.5) is 0 Å². The standard InChI is InChI=1S/C36H50ClN5O2/c37-30-14-12-28(13-15-30)23-34(39-35(43)24-33-32-11-5-4-10-29(32)25-38-33)36(44)42-20-18-41(19-21-42)31(26-40-16-6-7-17-40)22-27-8-2-1-3-9-27/h4-5,10-15,27,31,33-34,38H,1-3,6-9,16-26H2,(H,39,43). The summed E-state index contributed by atoms with van der Waals surface area (Å²) in [6.45, 7) is 7.63. The van der Waals surface area contributed by atoms with Crippen LogP contribution < -0.4 is 10.6 Å². The molecule has 6 rings (SSSR count). The van der Waals surface area contributed by atoms with E-state index in [1.54, 1.807) is 0 Å². The van der Waals surface area contributed by atoms with E-state index in [0.29, 0.717) is 37.0 Å². The molecular weight excluding hydrogens is 570 g/mol. The number of carbonyl (C=O) groups excluding carboxylic acids is 2.